The van der Waals surface area contributed by atoms with Crippen molar-refractivity contribution >= 4 is 17.7 Å². The molecule has 2 rings (SSSR count). The molecule has 7 nitrogen and oxygen atoms in total. The van der Waals surface area contributed by atoms with Crippen LogP contribution in [-0.2, 0) is 14.4 Å². The Balaban J connectivity index is 2.03. The van der Waals surface area contributed by atoms with Crippen LogP contribution in [0.1, 0.15) is 19.3 Å². The minimum atomic E-state index is -0.638. The molecule has 3 amide bonds. The number of nitrogens with one attached hydrogen (secondary N) is 1. The molecule has 5 N–H and O–H groups in total. The highest BCUT2D eigenvalue weighted by Crippen LogP contribution is 2.34. The third-order valence-corrected chi connectivity index (χ3v) is 3.62. The van der Waals surface area contributed by atoms with E-state index in [1.165, 1.54) is 0 Å². The molecule has 3 atom stereocenters. The number of rotatable bonds is 5. The smallest absolute Gasteiger partial charge is 0.237 e. The highest BCUT2D eigenvalue weighted by atomic mass is 16.2. The highest BCUT2D eigenvalue weighted by Gasteiger charge is 2.44. The van der Waals surface area contributed by atoms with Crippen molar-refractivity contribution in [3.63, 3.8) is 0 Å². The van der Waals surface area contributed by atoms with E-state index in [9.17, 15) is 14.4 Å². The number of fused-ring (bicyclic) bond motifs is 2. The van der Waals surface area contributed by atoms with E-state index < -0.39 is 11.8 Å². The Morgan fingerprint density at radius 1 is 1.11 bits per heavy atom. The van der Waals surface area contributed by atoms with Crippen LogP contribution in [0.2, 0.25) is 0 Å². The first-order valence-electron chi connectivity index (χ1n) is 6.09. The van der Waals surface area contributed by atoms with Crippen molar-refractivity contribution in [3.05, 3.63) is 0 Å². The number of carbonyl (C=O) groups excluding carboxylic acids is 3. The number of amides is 3. The molecule has 7 heteroatoms. The van der Waals surface area contributed by atoms with Gasteiger partial charge in [0.15, 0.2) is 0 Å². The van der Waals surface area contributed by atoms with Gasteiger partial charge in [-0.15, -0.1) is 0 Å². The first-order valence-corrected chi connectivity index (χ1v) is 6.09. The van der Waals surface area contributed by atoms with Gasteiger partial charge in [0.05, 0.1) is 19.0 Å². The fraction of sp³-hybridized carbons (Fsp3) is 0.727. The van der Waals surface area contributed by atoms with E-state index >= 15 is 0 Å². The summed E-state index contributed by atoms with van der Waals surface area (Å²) < 4.78 is 0. The van der Waals surface area contributed by atoms with Crippen LogP contribution >= 0.6 is 0 Å². The van der Waals surface area contributed by atoms with Crippen molar-refractivity contribution in [2.45, 2.75) is 31.3 Å². The summed E-state index contributed by atoms with van der Waals surface area (Å²) in [5.74, 6) is -1.64. The van der Waals surface area contributed by atoms with Crippen LogP contribution in [0.3, 0.4) is 0 Å². The lowest BCUT2D eigenvalue weighted by Crippen LogP contribution is -2.48. The number of primary amides is 2. The summed E-state index contributed by atoms with van der Waals surface area (Å²) in [7, 11) is 0. The van der Waals surface area contributed by atoms with Crippen LogP contribution < -0.4 is 16.8 Å². The topological polar surface area (TPSA) is 119 Å². The molecule has 0 aromatic heterocycles. The van der Waals surface area contributed by atoms with Crippen molar-refractivity contribution in [1.82, 2.24) is 10.2 Å². The lowest BCUT2D eigenvalue weighted by atomic mass is 9.88. The van der Waals surface area contributed by atoms with Crippen molar-refractivity contribution < 1.29 is 14.4 Å². The van der Waals surface area contributed by atoms with Gasteiger partial charge >= 0.3 is 0 Å². The van der Waals surface area contributed by atoms with E-state index in [-0.39, 0.29) is 31.0 Å². The molecular weight excluding hydrogens is 236 g/mol. The van der Waals surface area contributed by atoms with Crippen molar-refractivity contribution in [3.8, 4) is 0 Å². The van der Waals surface area contributed by atoms with Crippen LogP contribution in [0, 0.1) is 5.92 Å². The zero-order chi connectivity index (χ0) is 13.3. The molecule has 100 valence electrons. The molecule has 0 aromatic carbocycles. The average Bonchev–Trinajstić information content (AvgIpc) is 2.87. The second-order valence-corrected chi connectivity index (χ2v) is 5.02. The van der Waals surface area contributed by atoms with Crippen molar-refractivity contribution in [2.75, 3.05) is 13.1 Å². The number of hydrogen-bond donors (Lipinski definition) is 3. The third-order valence-electron chi connectivity index (χ3n) is 3.62. The Morgan fingerprint density at radius 2 is 1.72 bits per heavy atom. The Hall–Kier alpha value is -1.63. The molecule has 2 aliphatic heterocycles. The number of nitrogens with two attached hydrogens (primary N) is 2. The summed E-state index contributed by atoms with van der Waals surface area (Å²) in [5.41, 5.74) is 10.2. The minimum Gasteiger partial charge on any atom is -0.368 e. The molecule has 2 aliphatic rings. The molecule has 3 unspecified atom stereocenters. The summed E-state index contributed by atoms with van der Waals surface area (Å²) in [6.07, 6.45) is 2.81. The number of nitrogens with zero attached hydrogens (tertiary/aromatic N) is 1. The van der Waals surface area contributed by atoms with Gasteiger partial charge in [-0.3, -0.25) is 14.4 Å². The van der Waals surface area contributed by atoms with Gasteiger partial charge in [0.1, 0.15) is 0 Å². The molecule has 0 aromatic rings. The first kappa shape index (κ1) is 12.8. The maximum atomic E-state index is 12.3. The Morgan fingerprint density at radius 3 is 2.11 bits per heavy atom. The van der Waals surface area contributed by atoms with Crippen molar-refractivity contribution in [1.29, 1.82) is 0 Å². The largest absolute Gasteiger partial charge is 0.368 e. The monoisotopic (exact) mass is 254 g/mol. The van der Waals surface area contributed by atoms with Gasteiger partial charge in [-0.2, -0.15) is 0 Å². The van der Waals surface area contributed by atoms with E-state index in [0.29, 0.717) is 6.04 Å². The number of hydrogen-bond acceptors (Lipinski definition) is 4. The molecule has 2 fully saturated rings. The normalized spacial score (nSPS) is 29.2. The van der Waals surface area contributed by atoms with Gasteiger partial charge < -0.3 is 21.7 Å². The number of carbonyl (C=O) groups is 3. The molecule has 0 saturated carbocycles. The lowest BCUT2D eigenvalue weighted by Gasteiger charge is -2.26. The predicted molar refractivity (Wildman–Crippen MR) is 63.0 cm³/mol. The Bertz CT molecular complexity index is 368. The van der Waals surface area contributed by atoms with Gasteiger partial charge in [-0.1, -0.05) is 0 Å². The van der Waals surface area contributed by atoms with E-state index in [1.54, 1.807) is 0 Å². The maximum Gasteiger partial charge on any atom is 0.237 e. The van der Waals surface area contributed by atoms with Gasteiger partial charge in [-0.05, 0) is 19.3 Å². The standard InChI is InChI=1S/C11H18N4O3/c12-9(16)4-15(5-10(13)17)11(18)7-3-6-1-2-8(7)14-6/h6-8,14H,1-5H2,(H2,12,16)(H2,13,17). The van der Waals surface area contributed by atoms with Gasteiger partial charge in [0, 0.05) is 12.1 Å². The van der Waals surface area contributed by atoms with Gasteiger partial charge in [0.25, 0.3) is 0 Å². The van der Waals surface area contributed by atoms with Gasteiger partial charge in [0.2, 0.25) is 17.7 Å². The quantitative estimate of drug-likeness (QED) is 0.522. The van der Waals surface area contributed by atoms with Crippen LogP contribution in [0.4, 0.5) is 0 Å². The van der Waals surface area contributed by atoms with E-state index in [1.807, 2.05) is 0 Å². The van der Waals surface area contributed by atoms with Crippen molar-refractivity contribution in [2.24, 2.45) is 17.4 Å². The molecule has 0 radical (unpaired) electrons. The fourth-order valence-corrected chi connectivity index (χ4v) is 2.92. The lowest BCUT2D eigenvalue weighted by molar-refractivity contribution is -0.141. The third kappa shape index (κ3) is 2.61. The zero-order valence-corrected chi connectivity index (χ0v) is 10.1. The Labute approximate surface area is 105 Å². The van der Waals surface area contributed by atoms with Crippen LogP contribution in [0.25, 0.3) is 0 Å². The minimum absolute atomic E-state index is 0.158. The molecule has 0 aliphatic carbocycles. The van der Waals surface area contributed by atoms with Gasteiger partial charge in [-0.25, -0.2) is 0 Å². The highest BCUT2D eigenvalue weighted by molar-refractivity contribution is 5.89. The van der Waals surface area contributed by atoms with E-state index in [4.69, 9.17) is 11.5 Å². The molecule has 0 spiro atoms. The summed E-state index contributed by atoms with van der Waals surface area (Å²) >= 11 is 0. The molecule has 2 heterocycles. The van der Waals surface area contributed by atoms with Crippen LogP contribution in [0.5, 0.6) is 0 Å². The molecule has 18 heavy (non-hydrogen) atoms. The summed E-state index contributed by atoms with van der Waals surface area (Å²) in [6, 6.07) is 0.540. The van der Waals surface area contributed by atoms with Crippen LogP contribution in [-0.4, -0.2) is 47.8 Å². The summed E-state index contributed by atoms with van der Waals surface area (Å²) in [4.78, 5) is 35.3. The fourth-order valence-electron chi connectivity index (χ4n) is 2.92. The molecule has 2 bridgehead atoms. The Kier molecular flexibility index (Phi) is 3.51. The summed E-state index contributed by atoms with van der Waals surface area (Å²) in [6.45, 7) is -0.509. The summed E-state index contributed by atoms with van der Waals surface area (Å²) in [5, 5.41) is 3.34. The zero-order valence-electron chi connectivity index (χ0n) is 10.1. The second kappa shape index (κ2) is 4.93. The van der Waals surface area contributed by atoms with E-state index in [2.05, 4.69) is 5.32 Å². The first-order chi connectivity index (χ1) is 8.47. The predicted octanol–water partition coefficient (Wildman–Crippen LogP) is -2.07. The average molecular weight is 254 g/mol. The molecular formula is C11H18N4O3. The van der Waals surface area contributed by atoms with E-state index in [0.717, 1.165) is 24.2 Å². The SMILES string of the molecule is NC(=O)CN(CC(N)=O)C(=O)C1CC2CCC1N2. The maximum absolute atomic E-state index is 12.3. The molecule has 2 saturated heterocycles. The van der Waals surface area contributed by atoms with Crippen LogP contribution in [0.15, 0.2) is 0 Å². The second-order valence-electron chi connectivity index (χ2n) is 5.02.